The van der Waals surface area contributed by atoms with Crippen LogP contribution in [0.25, 0.3) is 0 Å². The van der Waals surface area contributed by atoms with Crippen molar-refractivity contribution >= 4 is 24.7 Å². The fourth-order valence-electron chi connectivity index (χ4n) is 3.66. The van der Waals surface area contributed by atoms with Gasteiger partial charge in [-0.25, -0.2) is 0 Å². The molecule has 0 fully saturated rings. The van der Waals surface area contributed by atoms with Crippen molar-refractivity contribution in [1.29, 1.82) is 0 Å². The molecule has 2 aromatic carbocycles. The van der Waals surface area contributed by atoms with Crippen LogP contribution >= 0.6 is 0 Å². The van der Waals surface area contributed by atoms with Gasteiger partial charge in [-0.05, 0) is 29.3 Å². The summed E-state index contributed by atoms with van der Waals surface area (Å²) in [6.45, 7) is 14.6. The first-order valence-corrected chi connectivity index (χ1v) is 11.8. The third-order valence-electron chi connectivity index (χ3n) is 5.11. The highest BCUT2D eigenvalue weighted by atomic mass is 28.4. The van der Waals surface area contributed by atoms with E-state index < -0.39 is 20.3 Å². The minimum atomic E-state index is -2.74. The van der Waals surface area contributed by atoms with Gasteiger partial charge in [0, 0.05) is 0 Å². The van der Waals surface area contributed by atoms with Gasteiger partial charge in [0.25, 0.3) is 8.32 Å². The average Bonchev–Trinajstić information content (AvgIpc) is 2.69. The van der Waals surface area contributed by atoms with E-state index in [4.69, 9.17) is 9.16 Å². The molecule has 28 heavy (non-hydrogen) atoms. The van der Waals surface area contributed by atoms with Crippen LogP contribution in [0.15, 0.2) is 73.3 Å². The topological polar surface area (TPSA) is 35.5 Å². The first-order chi connectivity index (χ1) is 13.3. The fourth-order valence-corrected chi connectivity index (χ4v) is 8.38. The third-order valence-corrected chi connectivity index (χ3v) is 10.1. The molecule has 4 heteroatoms. The van der Waals surface area contributed by atoms with E-state index in [-0.39, 0.29) is 11.0 Å². The number of carbonyl (C=O) groups excluding carboxylic acids is 1. The van der Waals surface area contributed by atoms with Crippen molar-refractivity contribution < 1.29 is 14.0 Å². The Hall–Kier alpha value is -2.17. The van der Waals surface area contributed by atoms with Crippen molar-refractivity contribution in [1.82, 2.24) is 0 Å². The number of rotatable bonds is 8. The van der Waals surface area contributed by atoms with Crippen LogP contribution in [0.3, 0.4) is 0 Å². The van der Waals surface area contributed by atoms with E-state index in [1.54, 1.807) is 6.08 Å². The van der Waals surface area contributed by atoms with Gasteiger partial charge in [-0.1, -0.05) is 87.5 Å². The average molecular weight is 397 g/mol. The lowest BCUT2D eigenvalue weighted by Crippen LogP contribution is -2.68. The SMILES string of the molecule is C=C[C@@H](O[Si](c1ccccc1)(c1ccccc1)C(C)(C)C)[C@@H](C)C(=O)OCC. The van der Waals surface area contributed by atoms with Gasteiger partial charge in [0.2, 0.25) is 0 Å². The van der Waals surface area contributed by atoms with E-state index in [1.807, 2.05) is 50.2 Å². The van der Waals surface area contributed by atoms with Gasteiger partial charge in [0.15, 0.2) is 0 Å². The molecule has 0 aliphatic carbocycles. The maximum Gasteiger partial charge on any atom is 0.311 e. The van der Waals surface area contributed by atoms with E-state index in [9.17, 15) is 4.79 Å². The minimum Gasteiger partial charge on any atom is -0.466 e. The predicted molar refractivity (Wildman–Crippen MR) is 118 cm³/mol. The van der Waals surface area contributed by atoms with Crippen molar-refractivity contribution in [3.63, 3.8) is 0 Å². The van der Waals surface area contributed by atoms with E-state index in [1.165, 1.54) is 10.4 Å². The molecule has 0 spiro atoms. The van der Waals surface area contributed by atoms with E-state index in [0.717, 1.165) is 0 Å². The number of benzene rings is 2. The second-order valence-electron chi connectivity index (χ2n) is 8.02. The number of hydrogen-bond donors (Lipinski definition) is 0. The van der Waals surface area contributed by atoms with Crippen LogP contribution in [0.4, 0.5) is 0 Å². The maximum absolute atomic E-state index is 12.4. The molecule has 0 aliphatic rings. The molecule has 0 aromatic heterocycles. The van der Waals surface area contributed by atoms with Crippen molar-refractivity contribution in [2.45, 2.75) is 45.8 Å². The van der Waals surface area contributed by atoms with Crippen LogP contribution in [-0.4, -0.2) is 27.0 Å². The van der Waals surface area contributed by atoms with Crippen molar-refractivity contribution in [2.24, 2.45) is 5.92 Å². The van der Waals surface area contributed by atoms with E-state index in [2.05, 4.69) is 51.6 Å². The molecule has 2 atom stereocenters. The highest BCUT2D eigenvalue weighted by molar-refractivity contribution is 6.99. The zero-order valence-corrected chi connectivity index (χ0v) is 18.6. The Balaban J connectivity index is 2.64. The predicted octanol–water partition coefficient (Wildman–Crippen LogP) is 4.32. The summed E-state index contributed by atoms with van der Waals surface area (Å²) >= 11 is 0. The number of ether oxygens (including phenoxy) is 1. The summed E-state index contributed by atoms with van der Waals surface area (Å²) in [5, 5.41) is 2.19. The first kappa shape index (κ1) is 22.1. The lowest BCUT2D eigenvalue weighted by atomic mass is 10.1. The molecule has 0 saturated heterocycles. The summed E-state index contributed by atoms with van der Waals surface area (Å²) in [6, 6.07) is 20.8. The van der Waals surface area contributed by atoms with Crippen LogP contribution in [0.1, 0.15) is 34.6 Å². The molecule has 0 unspecified atom stereocenters. The standard InChI is InChI=1S/C24H32O3Si/c1-7-22(19(3)23(25)26-8-2)27-28(24(4,5)6,20-15-11-9-12-16-20)21-17-13-10-14-18-21/h7,9-19,22H,1,8H2,2-6H3/t19-,22-/m1/s1. The molecule has 2 aromatic rings. The quantitative estimate of drug-likeness (QED) is 0.379. The Morgan fingerprint density at radius 1 is 1.04 bits per heavy atom. The van der Waals surface area contributed by atoms with Crippen molar-refractivity contribution in [3.8, 4) is 0 Å². The molecule has 0 N–H and O–H groups in total. The second-order valence-corrected chi connectivity index (χ2v) is 12.3. The Morgan fingerprint density at radius 2 is 1.50 bits per heavy atom. The molecule has 0 radical (unpaired) electrons. The minimum absolute atomic E-state index is 0.161. The molecule has 150 valence electrons. The summed E-state index contributed by atoms with van der Waals surface area (Å²) in [7, 11) is -2.74. The maximum atomic E-state index is 12.4. The monoisotopic (exact) mass is 396 g/mol. The highest BCUT2D eigenvalue weighted by Gasteiger charge is 2.52. The smallest absolute Gasteiger partial charge is 0.311 e. The summed E-state index contributed by atoms with van der Waals surface area (Å²) < 4.78 is 12.2. The normalized spacial score (nSPS) is 14.2. The van der Waals surface area contributed by atoms with Crippen LogP contribution in [0.2, 0.25) is 5.04 Å². The van der Waals surface area contributed by atoms with Crippen molar-refractivity contribution in [2.75, 3.05) is 6.61 Å². The Morgan fingerprint density at radius 3 is 1.86 bits per heavy atom. The molecule has 3 nitrogen and oxygen atoms in total. The third kappa shape index (κ3) is 4.45. The largest absolute Gasteiger partial charge is 0.466 e. The highest BCUT2D eigenvalue weighted by Crippen LogP contribution is 2.38. The van der Waals surface area contributed by atoms with Gasteiger partial charge >= 0.3 is 5.97 Å². The number of esters is 1. The Bertz CT molecular complexity index is 726. The molecular formula is C24H32O3Si. The van der Waals surface area contributed by atoms with Gasteiger partial charge in [-0.2, -0.15) is 0 Å². The Kier molecular flexibility index (Phi) is 7.39. The van der Waals surface area contributed by atoms with Crippen molar-refractivity contribution in [3.05, 3.63) is 73.3 Å². The summed E-state index contributed by atoms with van der Waals surface area (Å²) in [5.74, 6) is -0.690. The molecule has 0 heterocycles. The van der Waals surface area contributed by atoms with Crippen LogP contribution in [0, 0.1) is 5.92 Å². The van der Waals surface area contributed by atoms with E-state index in [0.29, 0.717) is 6.61 Å². The summed E-state index contributed by atoms with van der Waals surface area (Å²) in [6.07, 6.45) is 1.30. The fraction of sp³-hybridized carbons (Fsp3) is 0.375. The first-order valence-electron chi connectivity index (χ1n) is 9.86. The van der Waals surface area contributed by atoms with Crippen LogP contribution in [-0.2, 0) is 14.0 Å². The van der Waals surface area contributed by atoms with Gasteiger partial charge < -0.3 is 9.16 Å². The molecule has 0 saturated carbocycles. The lowest BCUT2D eigenvalue weighted by Gasteiger charge is -2.45. The lowest BCUT2D eigenvalue weighted by molar-refractivity contribution is -0.149. The van der Waals surface area contributed by atoms with Gasteiger partial charge in [0.1, 0.15) is 0 Å². The molecule has 2 rings (SSSR count). The molecule has 0 amide bonds. The molecular weight excluding hydrogens is 364 g/mol. The zero-order chi connectivity index (χ0) is 20.8. The molecule has 0 aliphatic heterocycles. The van der Waals surface area contributed by atoms with Crippen LogP contribution < -0.4 is 10.4 Å². The summed E-state index contributed by atoms with van der Waals surface area (Å²) in [4.78, 5) is 12.4. The van der Waals surface area contributed by atoms with Gasteiger partial charge in [0.05, 0.1) is 18.6 Å². The number of carbonyl (C=O) groups is 1. The Labute approximate surface area is 170 Å². The number of hydrogen-bond acceptors (Lipinski definition) is 3. The van der Waals surface area contributed by atoms with E-state index >= 15 is 0 Å². The zero-order valence-electron chi connectivity index (χ0n) is 17.6. The van der Waals surface area contributed by atoms with Gasteiger partial charge in [-0.15, -0.1) is 6.58 Å². The van der Waals surface area contributed by atoms with Crippen LogP contribution in [0.5, 0.6) is 0 Å². The summed E-state index contributed by atoms with van der Waals surface area (Å²) in [5.41, 5.74) is 0. The van der Waals surface area contributed by atoms with Gasteiger partial charge in [-0.3, -0.25) is 4.79 Å². The second kappa shape index (κ2) is 9.35. The molecule has 0 bridgehead atoms.